The first kappa shape index (κ1) is 15.1. The Morgan fingerprint density at radius 3 is 2.74 bits per heavy atom. The Kier molecular flexibility index (Phi) is 5.46. The van der Waals surface area contributed by atoms with E-state index >= 15 is 0 Å². The molecule has 0 saturated carbocycles. The van der Waals surface area contributed by atoms with E-state index in [1.807, 2.05) is 18.4 Å². The number of rotatable bonds is 5. The Balaban J connectivity index is 2.94. The molecule has 100 valence electrons. The predicted molar refractivity (Wildman–Crippen MR) is 75.3 cm³/mol. The van der Waals surface area contributed by atoms with Crippen molar-refractivity contribution in [2.75, 3.05) is 6.26 Å². The van der Waals surface area contributed by atoms with E-state index in [1.165, 1.54) is 11.8 Å². The maximum absolute atomic E-state index is 12.1. The van der Waals surface area contributed by atoms with Crippen molar-refractivity contribution in [1.29, 1.82) is 0 Å². The van der Waals surface area contributed by atoms with Crippen molar-refractivity contribution < 1.29 is 14.7 Å². The van der Waals surface area contributed by atoms with Gasteiger partial charge in [-0.25, -0.2) is 4.79 Å². The van der Waals surface area contributed by atoms with Gasteiger partial charge in [0.25, 0.3) is 5.91 Å². The molecule has 0 bridgehead atoms. The van der Waals surface area contributed by atoms with Crippen LogP contribution in [0.15, 0.2) is 23.1 Å². The van der Waals surface area contributed by atoms with Crippen LogP contribution in [0.5, 0.6) is 0 Å². The lowest BCUT2D eigenvalue weighted by atomic mass is 10.1. The molecule has 1 atom stereocenters. The minimum atomic E-state index is -1.13. The molecule has 0 fully saturated rings. The maximum Gasteiger partial charge on any atom is 0.327 e. The summed E-state index contributed by atoms with van der Waals surface area (Å²) in [7, 11) is 0. The summed E-state index contributed by atoms with van der Waals surface area (Å²) in [5.74, 6) is 0.689. The second-order valence-electron chi connectivity index (χ2n) is 3.95. The first-order valence-electron chi connectivity index (χ1n) is 5.61. The summed E-state index contributed by atoms with van der Waals surface area (Å²) in [6.45, 7) is 1.80. The third-order valence-electron chi connectivity index (χ3n) is 2.61. The van der Waals surface area contributed by atoms with Crippen molar-refractivity contribution >= 4 is 23.6 Å². The topological polar surface area (TPSA) is 66.4 Å². The molecule has 0 heterocycles. The average molecular weight is 277 g/mol. The summed E-state index contributed by atoms with van der Waals surface area (Å²) in [5.41, 5.74) is 1.26. The molecule has 1 amide bonds. The molecule has 1 unspecified atom stereocenters. The van der Waals surface area contributed by atoms with Crippen LogP contribution in [0.1, 0.15) is 22.3 Å². The molecule has 0 radical (unpaired) electrons. The van der Waals surface area contributed by atoms with Gasteiger partial charge in [0, 0.05) is 16.9 Å². The summed E-state index contributed by atoms with van der Waals surface area (Å²) in [6.07, 6.45) is 6.96. The van der Waals surface area contributed by atoms with Gasteiger partial charge in [0.15, 0.2) is 0 Å². The fourth-order valence-corrected chi connectivity index (χ4v) is 1.97. The molecular weight excluding hydrogens is 262 g/mol. The minimum absolute atomic E-state index is 0.0393. The van der Waals surface area contributed by atoms with E-state index in [0.29, 0.717) is 5.56 Å². The molecule has 4 nitrogen and oxygen atoms in total. The first-order valence-corrected chi connectivity index (χ1v) is 6.83. The standard InChI is InChI=1S/C14H15NO3S/c1-4-5-12(14(17)18)15-13(16)11-8-10(19-3)7-6-9(11)2/h1,6-8,12H,5H2,2-3H3,(H,15,16)(H,17,18). The number of carboxylic acid groups (broad SMARTS) is 1. The fourth-order valence-electron chi connectivity index (χ4n) is 1.53. The van der Waals surface area contributed by atoms with E-state index in [-0.39, 0.29) is 6.42 Å². The number of benzene rings is 1. The van der Waals surface area contributed by atoms with Crippen LogP contribution in [0.2, 0.25) is 0 Å². The van der Waals surface area contributed by atoms with Crippen molar-refractivity contribution in [3.63, 3.8) is 0 Å². The second kappa shape index (κ2) is 6.86. The monoisotopic (exact) mass is 277 g/mol. The molecule has 5 heteroatoms. The van der Waals surface area contributed by atoms with Crippen molar-refractivity contribution in [2.24, 2.45) is 0 Å². The van der Waals surface area contributed by atoms with Crippen LogP contribution < -0.4 is 5.32 Å². The van der Waals surface area contributed by atoms with Gasteiger partial charge in [0.2, 0.25) is 0 Å². The second-order valence-corrected chi connectivity index (χ2v) is 4.83. The molecule has 1 aromatic rings. The first-order chi connectivity index (χ1) is 8.99. The third kappa shape index (κ3) is 4.04. The largest absolute Gasteiger partial charge is 0.480 e. The summed E-state index contributed by atoms with van der Waals surface area (Å²) in [6, 6.07) is 4.42. The van der Waals surface area contributed by atoms with Gasteiger partial charge in [-0.05, 0) is 30.9 Å². The highest BCUT2D eigenvalue weighted by Gasteiger charge is 2.20. The van der Waals surface area contributed by atoms with Gasteiger partial charge >= 0.3 is 5.97 Å². The zero-order chi connectivity index (χ0) is 14.4. The number of carboxylic acids is 1. The van der Waals surface area contributed by atoms with Gasteiger partial charge < -0.3 is 10.4 Å². The number of amides is 1. The number of hydrogen-bond acceptors (Lipinski definition) is 3. The lowest BCUT2D eigenvalue weighted by molar-refractivity contribution is -0.139. The zero-order valence-electron chi connectivity index (χ0n) is 10.8. The van der Waals surface area contributed by atoms with Gasteiger partial charge in [-0.1, -0.05) is 6.07 Å². The van der Waals surface area contributed by atoms with Crippen molar-refractivity contribution in [3.8, 4) is 12.3 Å². The van der Waals surface area contributed by atoms with Gasteiger partial charge in [0.1, 0.15) is 6.04 Å². The predicted octanol–water partition coefficient (Wildman–Crippen LogP) is 1.92. The van der Waals surface area contributed by atoms with Crippen LogP contribution >= 0.6 is 11.8 Å². The van der Waals surface area contributed by atoms with E-state index in [2.05, 4.69) is 11.2 Å². The summed E-state index contributed by atoms with van der Waals surface area (Å²) >= 11 is 1.52. The van der Waals surface area contributed by atoms with Gasteiger partial charge in [-0.15, -0.1) is 24.1 Å². The maximum atomic E-state index is 12.1. The Labute approximate surface area is 116 Å². The number of aryl methyl sites for hydroxylation is 1. The van der Waals surface area contributed by atoms with Crippen molar-refractivity contribution in [3.05, 3.63) is 29.3 Å². The Morgan fingerprint density at radius 2 is 2.21 bits per heavy atom. The number of carbonyl (C=O) groups excluding carboxylic acids is 1. The highest BCUT2D eigenvalue weighted by atomic mass is 32.2. The normalized spacial score (nSPS) is 11.4. The Bertz CT molecular complexity index is 534. The smallest absolute Gasteiger partial charge is 0.327 e. The molecule has 0 aliphatic carbocycles. The SMILES string of the molecule is C#CCC(NC(=O)c1cc(SC)ccc1C)C(=O)O. The molecule has 0 aliphatic heterocycles. The van der Waals surface area contributed by atoms with Crippen LogP contribution in [-0.2, 0) is 4.79 Å². The van der Waals surface area contributed by atoms with Crippen LogP contribution in [0.3, 0.4) is 0 Å². The summed E-state index contributed by atoms with van der Waals surface area (Å²) < 4.78 is 0. The molecule has 0 aliphatic rings. The molecule has 19 heavy (non-hydrogen) atoms. The number of hydrogen-bond donors (Lipinski definition) is 2. The number of carbonyl (C=O) groups is 2. The summed E-state index contributed by atoms with van der Waals surface area (Å²) in [5, 5.41) is 11.4. The molecule has 1 aromatic carbocycles. The molecule has 2 N–H and O–H groups in total. The van der Waals surface area contributed by atoms with Crippen LogP contribution in [-0.4, -0.2) is 29.3 Å². The van der Waals surface area contributed by atoms with E-state index in [4.69, 9.17) is 11.5 Å². The Hall–Kier alpha value is -1.93. The van der Waals surface area contributed by atoms with Crippen LogP contribution in [0.4, 0.5) is 0 Å². The lowest BCUT2D eigenvalue weighted by Crippen LogP contribution is -2.40. The van der Waals surface area contributed by atoms with Gasteiger partial charge in [-0.2, -0.15) is 0 Å². The number of terminal acetylenes is 1. The number of nitrogens with one attached hydrogen (secondary N) is 1. The van der Waals surface area contributed by atoms with Crippen molar-refractivity contribution in [1.82, 2.24) is 5.32 Å². The quantitative estimate of drug-likeness (QED) is 0.637. The molecule has 0 saturated heterocycles. The summed E-state index contributed by atoms with van der Waals surface area (Å²) in [4.78, 5) is 24.0. The highest BCUT2D eigenvalue weighted by molar-refractivity contribution is 7.98. The average Bonchev–Trinajstić information content (AvgIpc) is 2.38. The zero-order valence-corrected chi connectivity index (χ0v) is 11.6. The minimum Gasteiger partial charge on any atom is -0.480 e. The van der Waals surface area contributed by atoms with Gasteiger partial charge in [0.05, 0.1) is 0 Å². The van der Waals surface area contributed by atoms with E-state index in [0.717, 1.165) is 10.5 Å². The lowest BCUT2D eigenvalue weighted by Gasteiger charge is -2.13. The van der Waals surface area contributed by atoms with Crippen molar-refractivity contribution in [2.45, 2.75) is 24.3 Å². The molecule has 0 aromatic heterocycles. The van der Waals surface area contributed by atoms with E-state index in [1.54, 1.807) is 13.0 Å². The molecular formula is C14H15NO3S. The van der Waals surface area contributed by atoms with Crippen LogP contribution in [0.25, 0.3) is 0 Å². The number of aliphatic carboxylic acids is 1. The van der Waals surface area contributed by atoms with Crippen LogP contribution in [0, 0.1) is 19.3 Å². The highest BCUT2D eigenvalue weighted by Crippen LogP contribution is 2.19. The number of thioether (sulfide) groups is 1. The fraction of sp³-hybridized carbons (Fsp3) is 0.286. The van der Waals surface area contributed by atoms with E-state index < -0.39 is 17.9 Å². The molecule has 0 spiro atoms. The third-order valence-corrected chi connectivity index (χ3v) is 3.34. The molecule has 1 rings (SSSR count). The Morgan fingerprint density at radius 1 is 1.53 bits per heavy atom. The van der Waals surface area contributed by atoms with Gasteiger partial charge in [-0.3, -0.25) is 4.79 Å². The van der Waals surface area contributed by atoms with E-state index in [9.17, 15) is 9.59 Å².